The molecule has 0 aliphatic heterocycles. The lowest BCUT2D eigenvalue weighted by Gasteiger charge is -2.03. The van der Waals surface area contributed by atoms with Crippen molar-refractivity contribution in [2.45, 2.75) is 26.2 Å². The lowest BCUT2D eigenvalue weighted by molar-refractivity contribution is 0.0956. The monoisotopic (exact) mass is 228 g/mol. The van der Waals surface area contributed by atoms with Crippen LogP contribution in [0.4, 0.5) is 0 Å². The molecular formula is C10H16N2O2S. The lowest BCUT2D eigenvalue weighted by atomic mass is 10.2. The van der Waals surface area contributed by atoms with Crippen molar-refractivity contribution in [1.29, 1.82) is 0 Å². The molecule has 15 heavy (non-hydrogen) atoms. The summed E-state index contributed by atoms with van der Waals surface area (Å²) in [5.74, 6) is -0.0426. The van der Waals surface area contributed by atoms with Crippen LogP contribution in [0, 0.1) is 6.92 Å². The van der Waals surface area contributed by atoms with Gasteiger partial charge in [0.15, 0.2) is 0 Å². The fourth-order valence-electron chi connectivity index (χ4n) is 1.22. The SMILES string of the molecule is Cc1ncsc1C(=O)NCCCCCO. The van der Waals surface area contributed by atoms with E-state index in [2.05, 4.69) is 10.3 Å². The summed E-state index contributed by atoms with van der Waals surface area (Å²) in [6, 6.07) is 0. The smallest absolute Gasteiger partial charge is 0.263 e. The van der Waals surface area contributed by atoms with Crippen LogP contribution in [0.15, 0.2) is 5.51 Å². The molecule has 84 valence electrons. The van der Waals surface area contributed by atoms with E-state index in [1.165, 1.54) is 11.3 Å². The van der Waals surface area contributed by atoms with Gasteiger partial charge in [-0.1, -0.05) is 0 Å². The molecule has 2 N–H and O–H groups in total. The largest absolute Gasteiger partial charge is 0.396 e. The van der Waals surface area contributed by atoms with E-state index in [-0.39, 0.29) is 12.5 Å². The zero-order valence-corrected chi connectivity index (χ0v) is 9.64. The molecule has 0 atom stereocenters. The second-order valence-corrected chi connectivity index (χ2v) is 4.16. The summed E-state index contributed by atoms with van der Waals surface area (Å²) in [7, 11) is 0. The molecule has 1 heterocycles. The molecule has 0 aliphatic rings. The van der Waals surface area contributed by atoms with Crippen molar-refractivity contribution < 1.29 is 9.90 Å². The Morgan fingerprint density at radius 3 is 2.93 bits per heavy atom. The van der Waals surface area contributed by atoms with E-state index in [1.54, 1.807) is 5.51 Å². The van der Waals surface area contributed by atoms with E-state index >= 15 is 0 Å². The Morgan fingerprint density at radius 2 is 2.33 bits per heavy atom. The molecule has 1 rings (SSSR count). The number of carbonyl (C=O) groups is 1. The highest BCUT2D eigenvalue weighted by Crippen LogP contribution is 2.11. The number of carbonyl (C=O) groups excluding carboxylic acids is 1. The number of hydrogen-bond acceptors (Lipinski definition) is 4. The molecule has 1 amide bonds. The predicted molar refractivity (Wildman–Crippen MR) is 60.1 cm³/mol. The third kappa shape index (κ3) is 3.97. The average Bonchev–Trinajstić information content (AvgIpc) is 2.64. The highest BCUT2D eigenvalue weighted by Gasteiger charge is 2.10. The number of nitrogens with one attached hydrogen (secondary N) is 1. The van der Waals surface area contributed by atoms with Crippen LogP contribution in [-0.2, 0) is 0 Å². The van der Waals surface area contributed by atoms with Gasteiger partial charge in [0.05, 0.1) is 11.2 Å². The Hall–Kier alpha value is -0.940. The fourth-order valence-corrected chi connectivity index (χ4v) is 1.93. The van der Waals surface area contributed by atoms with Gasteiger partial charge in [0.25, 0.3) is 5.91 Å². The Balaban J connectivity index is 2.22. The Morgan fingerprint density at radius 1 is 1.53 bits per heavy atom. The number of rotatable bonds is 6. The van der Waals surface area contributed by atoms with Gasteiger partial charge in [0.2, 0.25) is 0 Å². The molecule has 0 aromatic carbocycles. The van der Waals surface area contributed by atoms with Crippen molar-refractivity contribution in [3.05, 3.63) is 16.1 Å². The van der Waals surface area contributed by atoms with Crippen LogP contribution >= 0.6 is 11.3 Å². The first kappa shape index (κ1) is 12.1. The quantitative estimate of drug-likeness (QED) is 0.722. The van der Waals surface area contributed by atoms with Gasteiger partial charge in [-0.25, -0.2) is 4.98 Å². The third-order valence-electron chi connectivity index (χ3n) is 2.07. The molecule has 0 aliphatic carbocycles. The maximum absolute atomic E-state index is 11.6. The Kier molecular flexibility index (Phi) is 5.28. The molecule has 0 saturated heterocycles. The minimum Gasteiger partial charge on any atom is -0.396 e. The first-order valence-corrected chi connectivity index (χ1v) is 5.93. The van der Waals surface area contributed by atoms with Crippen molar-refractivity contribution in [1.82, 2.24) is 10.3 Å². The van der Waals surface area contributed by atoms with Crippen LogP contribution in [0.1, 0.15) is 34.6 Å². The summed E-state index contributed by atoms with van der Waals surface area (Å²) >= 11 is 1.36. The van der Waals surface area contributed by atoms with Crippen LogP contribution in [0.25, 0.3) is 0 Å². The summed E-state index contributed by atoms with van der Waals surface area (Å²) in [6.45, 7) is 2.72. The minimum absolute atomic E-state index is 0.0426. The molecule has 0 radical (unpaired) electrons. The first-order chi connectivity index (χ1) is 7.25. The van der Waals surface area contributed by atoms with Gasteiger partial charge in [-0.2, -0.15) is 0 Å². The van der Waals surface area contributed by atoms with Gasteiger partial charge in [-0.05, 0) is 26.2 Å². The molecular weight excluding hydrogens is 212 g/mol. The van der Waals surface area contributed by atoms with E-state index in [0.717, 1.165) is 25.0 Å². The Labute approximate surface area is 93.4 Å². The van der Waals surface area contributed by atoms with E-state index in [4.69, 9.17) is 5.11 Å². The molecule has 1 aromatic rings. The number of unbranched alkanes of at least 4 members (excludes halogenated alkanes) is 2. The molecule has 4 nitrogen and oxygen atoms in total. The number of thiazole rings is 1. The van der Waals surface area contributed by atoms with Crippen LogP contribution < -0.4 is 5.32 Å². The summed E-state index contributed by atoms with van der Waals surface area (Å²) in [4.78, 5) is 16.3. The third-order valence-corrected chi connectivity index (χ3v) is 3.00. The summed E-state index contributed by atoms with van der Waals surface area (Å²) < 4.78 is 0. The second kappa shape index (κ2) is 6.53. The number of amides is 1. The second-order valence-electron chi connectivity index (χ2n) is 3.31. The van der Waals surface area contributed by atoms with Gasteiger partial charge in [0, 0.05) is 13.2 Å². The maximum Gasteiger partial charge on any atom is 0.263 e. The summed E-state index contributed by atoms with van der Waals surface area (Å²) in [5.41, 5.74) is 2.46. The number of aromatic nitrogens is 1. The van der Waals surface area contributed by atoms with Crippen molar-refractivity contribution in [3.63, 3.8) is 0 Å². The molecule has 0 unspecified atom stereocenters. The average molecular weight is 228 g/mol. The number of aryl methyl sites for hydroxylation is 1. The number of nitrogens with zero attached hydrogens (tertiary/aromatic N) is 1. The normalized spacial score (nSPS) is 10.3. The fraction of sp³-hybridized carbons (Fsp3) is 0.600. The molecule has 0 saturated carbocycles. The number of aliphatic hydroxyl groups is 1. The van der Waals surface area contributed by atoms with Crippen LogP contribution in [-0.4, -0.2) is 29.1 Å². The molecule has 5 heteroatoms. The van der Waals surface area contributed by atoms with Crippen molar-refractivity contribution in [2.75, 3.05) is 13.2 Å². The highest BCUT2D eigenvalue weighted by molar-refractivity contribution is 7.11. The lowest BCUT2D eigenvalue weighted by Crippen LogP contribution is -2.24. The van der Waals surface area contributed by atoms with Crippen LogP contribution in [0.5, 0.6) is 0 Å². The standard InChI is InChI=1S/C10H16N2O2S/c1-8-9(15-7-12-8)10(14)11-5-3-2-4-6-13/h7,13H,2-6H2,1H3,(H,11,14). The Bertz CT molecular complexity index is 312. The van der Waals surface area contributed by atoms with Gasteiger partial charge >= 0.3 is 0 Å². The summed E-state index contributed by atoms with van der Waals surface area (Å²) in [5, 5.41) is 11.4. The molecule has 0 bridgehead atoms. The molecule has 1 aromatic heterocycles. The van der Waals surface area contributed by atoms with Gasteiger partial charge in [-0.3, -0.25) is 4.79 Å². The molecule has 0 fully saturated rings. The first-order valence-electron chi connectivity index (χ1n) is 5.05. The number of aliphatic hydroxyl groups excluding tert-OH is 1. The van der Waals surface area contributed by atoms with Gasteiger partial charge in [-0.15, -0.1) is 11.3 Å². The van der Waals surface area contributed by atoms with Crippen molar-refractivity contribution >= 4 is 17.2 Å². The minimum atomic E-state index is -0.0426. The number of hydrogen-bond donors (Lipinski definition) is 2. The maximum atomic E-state index is 11.6. The van der Waals surface area contributed by atoms with E-state index in [1.807, 2.05) is 6.92 Å². The predicted octanol–water partition coefficient (Wildman–Crippen LogP) is 1.34. The molecule has 0 spiro atoms. The van der Waals surface area contributed by atoms with E-state index in [0.29, 0.717) is 11.4 Å². The van der Waals surface area contributed by atoms with Gasteiger partial charge in [0.1, 0.15) is 4.88 Å². The zero-order chi connectivity index (χ0) is 11.1. The zero-order valence-electron chi connectivity index (χ0n) is 8.82. The highest BCUT2D eigenvalue weighted by atomic mass is 32.1. The van der Waals surface area contributed by atoms with Gasteiger partial charge < -0.3 is 10.4 Å². The van der Waals surface area contributed by atoms with Crippen molar-refractivity contribution in [3.8, 4) is 0 Å². The van der Waals surface area contributed by atoms with Crippen molar-refractivity contribution in [2.24, 2.45) is 0 Å². The van der Waals surface area contributed by atoms with Crippen LogP contribution in [0.3, 0.4) is 0 Å². The topological polar surface area (TPSA) is 62.2 Å². The van der Waals surface area contributed by atoms with E-state index < -0.39 is 0 Å². The van der Waals surface area contributed by atoms with E-state index in [9.17, 15) is 4.79 Å². The van der Waals surface area contributed by atoms with Crippen LogP contribution in [0.2, 0.25) is 0 Å². The summed E-state index contributed by atoms with van der Waals surface area (Å²) in [6.07, 6.45) is 2.65.